The molecule has 1 aliphatic rings. The Morgan fingerprint density at radius 2 is 2.26 bits per heavy atom. The number of carbonyl (C=O) groups is 1. The van der Waals surface area contributed by atoms with Gasteiger partial charge in [0.2, 0.25) is 5.89 Å². The standard InChI is InChI=1S/C18H15Cl2N3O4/c19-13-2-1-10-5-12(6-21-17(10)16(13)20)26-9-15-22-14(8-27-15)18(25)23-4-3-11(24)7-23/h1-2,5-6,8,11,24H,3-4,7,9H2. The number of fused-ring (bicyclic) bond motifs is 1. The van der Waals surface area contributed by atoms with Gasteiger partial charge < -0.3 is 19.2 Å². The molecule has 9 heteroatoms. The summed E-state index contributed by atoms with van der Waals surface area (Å²) >= 11 is 12.1. The number of carbonyl (C=O) groups excluding carboxylic acids is 1. The van der Waals surface area contributed by atoms with Crippen LogP contribution in [0.1, 0.15) is 22.8 Å². The van der Waals surface area contributed by atoms with E-state index in [4.69, 9.17) is 32.4 Å². The number of hydrogen-bond donors (Lipinski definition) is 1. The molecule has 27 heavy (non-hydrogen) atoms. The zero-order chi connectivity index (χ0) is 19.0. The number of rotatable bonds is 4. The lowest BCUT2D eigenvalue weighted by atomic mass is 10.2. The van der Waals surface area contributed by atoms with Crippen LogP contribution in [-0.2, 0) is 6.61 Å². The molecule has 1 atom stereocenters. The number of aliphatic hydroxyl groups excluding tert-OH is 1. The normalized spacial score (nSPS) is 16.9. The number of β-amino-alcohol motifs (C(OH)–C–C–N with tert-alkyl or cyclic N) is 1. The highest BCUT2D eigenvalue weighted by Crippen LogP contribution is 2.31. The van der Waals surface area contributed by atoms with E-state index in [9.17, 15) is 9.90 Å². The van der Waals surface area contributed by atoms with Crippen LogP contribution in [0.5, 0.6) is 5.75 Å². The molecule has 0 radical (unpaired) electrons. The highest BCUT2D eigenvalue weighted by molar-refractivity contribution is 6.45. The number of aromatic nitrogens is 2. The Balaban J connectivity index is 1.43. The molecule has 0 spiro atoms. The van der Waals surface area contributed by atoms with E-state index in [0.29, 0.717) is 40.8 Å². The molecule has 140 valence electrons. The predicted octanol–water partition coefficient (Wildman–Crippen LogP) is 3.32. The quantitative estimate of drug-likeness (QED) is 0.713. The van der Waals surface area contributed by atoms with Gasteiger partial charge in [0.05, 0.1) is 27.9 Å². The lowest BCUT2D eigenvalue weighted by Gasteiger charge is -2.12. The van der Waals surface area contributed by atoms with Crippen molar-refractivity contribution < 1.29 is 19.1 Å². The first-order chi connectivity index (χ1) is 13.0. The van der Waals surface area contributed by atoms with Gasteiger partial charge >= 0.3 is 0 Å². The number of hydrogen-bond acceptors (Lipinski definition) is 6. The van der Waals surface area contributed by atoms with E-state index in [1.165, 1.54) is 12.5 Å². The van der Waals surface area contributed by atoms with E-state index < -0.39 is 6.10 Å². The van der Waals surface area contributed by atoms with E-state index in [-0.39, 0.29) is 24.1 Å². The van der Waals surface area contributed by atoms with E-state index in [1.54, 1.807) is 23.1 Å². The fraction of sp³-hybridized carbons (Fsp3) is 0.278. The van der Waals surface area contributed by atoms with Crippen molar-refractivity contribution in [1.29, 1.82) is 0 Å². The number of amides is 1. The largest absolute Gasteiger partial charge is 0.482 e. The number of nitrogens with zero attached hydrogens (tertiary/aromatic N) is 3. The summed E-state index contributed by atoms with van der Waals surface area (Å²) in [5, 5.41) is 11.2. The van der Waals surface area contributed by atoms with E-state index in [1.807, 2.05) is 0 Å². The lowest BCUT2D eigenvalue weighted by Crippen LogP contribution is -2.29. The third kappa shape index (κ3) is 3.71. The summed E-state index contributed by atoms with van der Waals surface area (Å²) in [4.78, 5) is 22.3. The third-order valence-corrected chi connectivity index (χ3v) is 5.10. The van der Waals surface area contributed by atoms with Gasteiger partial charge in [0.15, 0.2) is 12.3 Å². The van der Waals surface area contributed by atoms with E-state index >= 15 is 0 Å². The first-order valence-corrected chi connectivity index (χ1v) is 9.05. The Morgan fingerprint density at radius 3 is 3.04 bits per heavy atom. The molecule has 4 rings (SSSR count). The van der Waals surface area contributed by atoms with Crippen molar-refractivity contribution in [2.45, 2.75) is 19.1 Å². The maximum Gasteiger partial charge on any atom is 0.275 e. The Bertz CT molecular complexity index is 1010. The second kappa shape index (κ2) is 7.34. The molecule has 1 fully saturated rings. The van der Waals surface area contributed by atoms with E-state index in [2.05, 4.69) is 9.97 Å². The summed E-state index contributed by atoms with van der Waals surface area (Å²) < 4.78 is 11.0. The van der Waals surface area contributed by atoms with Crippen LogP contribution in [0, 0.1) is 0 Å². The summed E-state index contributed by atoms with van der Waals surface area (Å²) in [7, 11) is 0. The molecule has 0 bridgehead atoms. The number of oxazole rings is 1. The van der Waals surface area contributed by atoms with Crippen molar-refractivity contribution in [3.05, 3.63) is 52.3 Å². The zero-order valence-corrected chi connectivity index (χ0v) is 15.6. The van der Waals surface area contributed by atoms with Gasteiger partial charge in [-0.3, -0.25) is 9.78 Å². The second-order valence-electron chi connectivity index (χ2n) is 6.21. The summed E-state index contributed by atoms with van der Waals surface area (Å²) in [5.41, 5.74) is 0.786. The number of pyridine rings is 1. The van der Waals surface area contributed by atoms with Gasteiger partial charge in [-0.25, -0.2) is 4.98 Å². The Kier molecular flexibility index (Phi) is 4.90. The summed E-state index contributed by atoms with van der Waals surface area (Å²) in [5.74, 6) is 0.516. The average Bonchev–Trinajstić information content (AvgIpc) is 3.32. The highest BCUT2D eigenvalue weighted by Gasteiger charge is 2.27. The molecule has 3 aromatic rings. The minimum atomic E-state index is -0.479. The van der Waals surface area contributed by atoms with Crippen LogP contribution in [0.2, 0.25) is 10.0 Å². The molecule has 1 unspecified atom stereocenters. The van der Waals surface area contributed by atoms with Crippen molar-refractivity contribution in [2.24, 2.45) is 0 Å². The monoisotopic (exact) mass is 407 g/mol. The average molecular weight is 408 g/mol. The topological polar surface area (TPSA) is 88.7 Å². The minimum Gasteiger partial charge on any atom is -0.482 e. The predicted molar refractivity (Wildman–Crippen MR) is 99.1 cm³/mol. The number of aliphatic hydroxyl groups is 1. The minimum absolute atomic E-state index is 0.0460. The maximum atomic E-state index is 12.3. The van der Waals surface area contributed by atoms with E-state index in [0.717, 1.165) is 5.39 Å². The van der Waals surface area contributed by atoms with Gasteiger partial charge in [-0.15, -0.1) is 0 Å². The van der Waals surface area contributed by atoms with Gasteiger partial charge in [-0.05, 0) is 18.6 Å². The molecule has 1 N–H and O–H groups in total. The fourth-order valence-electron chi connectivity index (χ4n) is 2.91. The maximum absolute atomic E-state index is 12.3. The van der Waals surface area contributed by atoms with Gasteiger partial charge in [0.1, 0.15) is 12.0 Å². The highest BCUT2D eigenvalue weighted by atomic mass is 35.5. The van der Waals surface area contributed by atoms with Crippen LogP contribution < -0.4 is 4.74 Å². The molecule has 3 heterocycles. The molecule has 0 saturated carbocycles. The summed E-state index contributed by atoms with van der Waals surface area (Å²) in [6, 6.07) is 5.28. The van der Waals surface area contributed by atoms with Crippen molar-refractivity contribution in [3.8, 4) is 5.75 Å². The van der Waals surface area contributed by atoms with Crippen LogP contribution in [0.3, 0.4) is 0 Å². The summed E-state index contributed by atoms with van der Waals surface area (Å²) in [6.07, 6.45) is 2.92. The molecule has 0 aliphatic carbocycles. The smallest absolute Gasteiger partial charge is 0.275 e. The van der Waals surface area contributed by atoms with Crippen LogP contribution in [0.25, 0.3) is 10.9 Å². The third-order valence-electron chi connectivity index (χ3n) is 4.30. The van der Waals surface area contributed by atoms with Crippen molar-refractivity contribution in [1.82, 2.24) is 14.9 Å². The number of likely N-dealkylation sites (tertiary alicyclic amines) is 1. The zero-order valence-electron chi connectivity index (χ0n) is 14.1. The Morgan fingerprint density at radius 1 is 1.41 bits per heavy atom. The first-order valence-electron chi connectivity index (χ1n) is 8.29. The molecule has 7 nitrogen and oxygen atoms in total. The van der Waals surface area contributed by atoms with Gasteiger partial charge in [0, 0.05) is 18.5 Å². The Hall–Kier alpha value is -2.35. The molecule has 1 aromatic carbocycles. The van der Waals surface area contributed by atoms with Crippen LogP contribution in [-0.4, -0.2) is 45.1 Å². The molecule has 2 aromatic heterocycles. The number of benzene rings is 1. The molecular formula is C18H15Cl2N3O4. The lowest BCUT2D eigenvalue weighted by molar-refractivity contribution is 0.0759. The fourth-order valence-corrected chi connectivity index (χ4v) is 3.28. The van der Waals surface area contributed by atoms with Crippen LogP contribution in [0.15, 0.2) is 35.1 Å². The molecule has 1 amide bonds. The number of ether oxygens (including phenoxy) is 1. The summed E-state index contributed by atoms with van der Waals surface area (Å²) in [6.45, 7) is 0.866. The van der Waals surface area contributed by atoms with Gasteiger partial charge in [-0.1, -0.05) is 29.3 Å². The van der Waals surface area contributed by atoms with Crippen LogP contribution >= 0.6 is 23.2 Å². The molecule has 1 aliphatic heterocycles. The molecular weight excluding hydrogens is 393 g/mol. The van der Waals surface area contributed by atoms with Gasteiger partial charge in [-0.2, -0.15) is 0 Å². The first kappa shape index (κ1) is 18.0. The van der Waals surface area contributed by atoms with Crippen LogP contribution in [0.4, 0.5) is 0 Å². The molecule has 1 saturated heterocycles. The number of halogens is 2. The van der Waals surface area contributed by atoms with Gasteiger partial charge in [0.25, 0.3) is 5.91 Å². The second-order valence-corrected chi connectivity index (χ2v) is 7.00. The van der Waals surface area contributed by atoms with Crippen molar-refractivity contribution >= 4 is 40.0 Å². The van der Waals surface area contributed by atoms with Crippen molar-refractivity contribution in [3.63, 3.8) is 0 Å². The SMILES string of the molecule is O=C(c1coc(COc2cnc3c(Cl)c(Cl)ccc3c2)n1)N1CCC(O)C1. The Labute approximate surface area is 164 Å². The van der Waals surface area contributed by atoms with Crippen molar-refractivity contribution in [2.75, 3.05) is 13.1 Å².